The molecule has 0 radical (unpaired) electrons. The number of aromatic nitrogens is 4. The summed E-state index contributed by atoms with van der Waals surface area (Å²) < 4.78 is 0. The fraction of sp³-hybridized carbons (Fsp3) is 0.889. The molecule has 0 saturated carbocycles. The molecule has 0 aliphatic carbocycles. The number of unbranched alkanes of at least 4 members (excludes halogenated alkanes) is 2. The van der Waals surface area contributed by atoms with E-state index in [1.807, 2.05) is 0 Å². The van der Waals surface area contributed by atoms with Crippen molar-refractivity contribution in [3.63, 3.8) is 0 Å². The molecule has 1 aromatic rings. The minimum Gasteiger partial charge on any atom is -0.164 e. The summed E-state index contributed by atoms with van der Waals surface area (Å²) in [7, 11) is 0. The van der Waals surface area contributed by atoms with Crippen LogP contribution in [0.1, 0.15) is 45.4 Å². The Bertz CT molecular complexity index is 209. The van der Waals surface area contributed by atoms with Crippen LogP contribution < -0.4 is 0 Å². The highest BCUT2D eigenvalue weighted by Gasteiger charge is 2.00. The largest absolute Gasteiger partial charge is 0.174 e. The molecule has 74 valence electrons. The first-order valence-corrected chi connectivity index (χ1v) is 5.13. The smallest absolute Gasteiger partial charge is 0.164 e. The van der Waals surface area contributed by atoms with E-state index in [1.54, 1.807) is 4.80 Å². The molecule has 0 atom stereocenters. The van der Waals surface area contributed by atoms with Crippen molar-refractivity contribution in [1.82, 2.24) is 20.2 Å². The summed E-state index contributed by atoms with van der Waals surface area (Å²) in [5, 5.41) is 12.3. The fourth-order valence-corrected chi connectivity index (χ4v) is 1.11. The summed E-state index contributed by atoms with van der Waals surface area (Å²) in [6, 6.07) is 0. The molecule has 0 saturated heterocycles. The van der Waals surface area contributed by atoms with Crippen LogP contribution in [-0.2, 0) is 13.0 Å². The van der Waals surface area contributed by atoms with Crippen LogP contribution in [0.2, 0.25) is 0 Å². The second-order valence-corrected chi connectivity index (χ2v) is 3.26. The standard InChI is InChI=1S/C9H18N4/c1-3-5-7-9-10-12-13(11-9)8-6-4-2/h3-8H2,1-2H3. The highest BCUT2D eigenvalue weighted by atomic mass is 15.6. The molecule has 0 unspecified atom stereocenters. The fourth-order valence-electron chi connectivity index (χ4n) is 1.11. The molecule has 1 rings (SSSR count). The molecular weight excluding hydrogens is 164 g/mol. The second kappa shape index (κ2) is 5.67. The molecule has 0 fully saturated rings. The SMILES string of the molecule is CCCCc1nnn(CCCC)n1. The molecule has 1 aromatic heterocycles. The molecule has 4 heteroatoms. The van der Waals surface area contributed by atoms with Crippen molar-refractivity contribution in [2.24, 2.45) is 0 Å². The average molecular weight is 182 g/mol. The van der Waals surface area contributed by atoms with Crippen molar-refractivity contribution >= 4 is 0 Å². The molecule has 1 heterocycles. The predicted molar refractivity (Wildman–Crippen MR) is 51.3 cm³/mol. The predicted octanol–water partition coefficient (Wildman–Crippen LogP) is 1.82. The molecule has 0 aliphatic heterocycles. The minimum absolute atomic E-state index is 0.887. The van der Waals surface area contributed by atoms with Gasteiger partial charge in [0.05, 0.1) is 6.54 Å². The Morgan fingerprint density at radius 1 is 1.15 bits per heavy atom. The van der Waals surface area contributed by atoms with Crippen LogP contribution in [-0.4, -0.2) is 20.2 Å². The van der Waals surface area contributed by atoms with Gasteiger partial charge in [0.2, 0.25) is 0 Å². The van der Waals surface area contributed by atoms with Gasteiger partial charge in [0.15, 0.2) is 5.82 Å². The monoisotopic (exact) mass is 182 g/mol. The van der Waals surface area contributed by atoms with Crippen molar-refractivity contribution < 1.29 is 0 Å². The van der Waals surface area contributed by atoms with E-state index < -0.39 is 0 Å². The summed E-state index contributed by atoms with van der Waals surface area (Å²) in [6.45, 7) is 5.23. The molecule has 0 N–H and O–H groups in total. The first kappa shape index (κ1) is 10.2. The van der Waals surface area contributed by atoms with Gasteiger partial charge in [0, 0.05) is 6.42 Å². The van der Waals surface area contributed by atoms with E-state index in [4.69, 9.17) is 0 Å². The summed E-state index contributed by atoms with van der Waals surface area (Å²) >= 11 is 0. The van der Waals surface area contributed by atoms with E-state index in [1.165, 1.54) is 12.8 Å². The Morgan fingerprint density at radius 2 is 1.92 bits per heavy atom. The van der Waals surface area contributed by atoms with Gasteiger partial charge in [-0.25, -0.2) is 0 Å². The molecule has 0 amide bonds. The van der Waals surface area contributed by atoms with Gasteiger partial charge >= 0.3 is 0 Å². The van der Waals surface area contributed by atoms with Gasteiger partial charge in [-0.15, -0.1) is 10.2 Å². The van der Waals surface area contributed by atoms with Crippen molar-refractivity contribution in [1.29, 1.82) is 0 Å². The number of hydrogen-bond acceptors (Lipinski definition) is 3. The lowest BCUT2D eigenvalue weighted by molar-refractivity contribution is 0.494. The van der Waals surface area contributed by atoms with Crippen LogP contribution in [0.3, 0.4) is 0 Å². The highest BCUT2D eigenvalue weighted by Crippen LogP contribution is 1.97. The maximum Gasteiger partial charge on any atom is 0.174 e. The van der Waals surface area contributed by atoms with Gasteiger partial charge in [0.25, 0.3) is 0 Å². The van der Waals surface area contributed by atoms with E-state index >= 15 is 0 Å². The van der Waals surface area contributed by atoms with E-state index in [9.17, 15) is 0 Å². The molecule has 0 aromatic carbocycles. The van der Waals surface area contributed by atoms with E-state index in [2.05, 4.69) is 29.3 Å². The van der Waals surface area contributed by atoms with Crippen LogP contribution in [0.4, 0.5) is 0 Å². The summed E-state index contributed by atoms with van der Waals surface area (Å²) in [6.07, 6.45) is 5.60. The van der Waals surface area contributed by atoms with Crippen molar-refractivity contribution in [3.8, 4) is 0 Å². The Morgan fingerprint density at radius 3 is 2.62 bits per heavy atom. The number of nitrogens with zero attached hydrogens (tertiary/aromatic N) is 4. The van der Waals surface area contributed by atoms with Gasteiger partial charge < -0.3 is 0 Å². The third kappa shape index (κ3) is 3.53. The average Bonchev–Trinajstić information content (AvgIpc) is 2.59. The molecule has 0 bridgehead atoms. The second-order valence-electron chi connectivity index (χ2n) is 3.26. The normalized spacial score (nSPS) is 10.6. The zero-order valence-corrected chi connectivity index (χ0v) is 8.53. The minimum atomic E-state index is 0.887. The number of aryl methyl sites for hydroxylation is 2. The van der Waals surface area contributed by atoms with Gasteiger partial charge in [-0.3, -0.25) is 0 Å². The lowest BCUT2D eigenvalue weighted by Crippen LogP contribution is -2.02. The summed E-state index contributed by atoms with van der Waals surface area (Å²) in [5.74, 6) is 0.887. The quantitative estimate of drug-likeness (QED) is 0.674. The Labute approximate surface area is 79.3 Å². The molecule has 0 aliphatic rings. The lowest BCUT2D eigenvalue weighted by Gasteiger charge is -1.94. The first-order chi connectivity index (χ1) is 6.36. The number of hydrogen-bond donors (Lipinski definition) is 0. The maximum absolute atomic E-state index is 4.28. The number of rotatable bonds is 6. The van der Waals surface area contributed by atoms with Crippen molar-refractivity contribution in [2.45, 2.75) is 52.5 Å². The van der Waals surface area contributed by atoms with Crippen LogP contribution in [0.5, 0.6) is 0 Å². The molecule has 4 nitrogen and oxygen atoms in total. The zero-order valence-electron chi connectivity index (χ0n) is 8.53. The molecule has 13 heavy (non-hydrogen) atoms. The van der Waals surface area contributed by atoms with Crippen LogP contribution >= 0.6 is 0 Å². The lowest BCUT2D eigenvalue weighted by atomic mass is 10.2. The van der Waals surface area contributed by atoms with Crippen LogP contribution in [0.25, 0.3) is 0 Å². The molecule has 0 spiro atoms. The Kier molecular flexibility index (Phi) is 4.43. The Balaban J connectivity index is 2.34. The van der Waals surface area contributed by atoms with Crippen LogP contribution in [0, 0.1) is 0 Å². The van der Waals surface area contributed by atoms with Crippen LogP contribution in [0.15, 0.2) is 0 Å². The van der Waals surface area contributed by atoms with E-state index in [0.29, 0.717) is 0 Å². The van der Waals surface area contributed by atoms with E-state index in [0.717, 1.165) is 31.6 Å². The molecular formula is C9H18N4. The third-order valence-corrected chi connectivity index (χ3v) is 1.96. The highest BCUT2D eigenvalue weighted by molar-refractivity contribution is 4.75. The zero-order chi connectivity index (χ0) is 9.52. The summed E-state index contributed by atoms with van der Waals surface area (Å²) in [4.78, 5) is 1.70. The first-order valence-electron chi connectivity index (χ1n) is 5.13. The van der Waals surface area contributed by atoms with Gasteiger partial charge in [-0.1, -0.05) is 26.7 Å². The number of tetrazole rings is 1. The Hall–Kier alpha value is -0.930. The third-order valence-electron chi connectivity index (χ3n) is 1.96. The van der Waals surface area contributed by atoms with Crippen molar-refractivity contribution in [2.75, 3.05) is 0 Å². The summed E-state index contributed by atoms with van der Waals surface area (Å²) in [5.41, 5.74) is 0. The van der Waals surface area contributed by atoms with E-state index in [-0.39, 0.29) is 0 Å². The van der Waals surface area contributed by atoms with Crippen molar-refractivity contribution in [3.05, 3.63) is 5.82 Å². The maximum atomic E-state index is 4.28. The topological polar surface area (TPSA) is 43.6 Å². The van der Waals surface area contributed by atoms with Gasteiger partial charge in [-0.2, -0.15) is 4.80 Å². The van der Waals surface area contributed by atoms with Gasteiger partial charge in [-0.05, 0) is 18.1 Å². The van der Waals surface area contributed by atoms with Gasteiger partial charge in [0.1, 0.15) is 0 Å².